The number of nitrogens with one attached hydrogen (secondary N) is 1. The fraction of sp³-hybridized carbons (Fsp3) is 0.647. The monoisotopic (exact) mass is 245 g/mol. The quantitative estimate of drug-likeness (QED) is 0.839. The van der Waals surface area contributed by atoms with E-state index in [1.165, 1.54) is 24.0 Å². The van der Waals surface area contributed by atoms with E-state index in [0.29, 0.717) is 11.5 Å². The Bertz CT molecular complexity index is 424. The smallest absolute Gasteiger partial charge is 0.0132 e. The lowest BCUT2D eigenvalue weighted by Crippen LogP contribution is -2.56. The highest BCUT2D eigenvalue weighted by atomic mass is 15.0. The van der Waals surface area contributed by atoms with Gasteiger partial charge in [-0.1, -0.05) is 39.0 Å². The molecule has 0 aliphatic heterocycles. The Labute approximate surface area is 112 Å². The molecule has 1 aliphatic rings. The highest BCUT2D eigenvalue weighted by Gasteiger charge is 2.50. The van der Waals surface area contributed by atoms with Gasteiger partial charge in [0.05, 0.1) is 0 Å². The first-order valence-corrected chi connectivity index (χ1v) is 7.34. The van der Waals surface area contributed by atoms with Crippen LogP contribution < -0.4 is 5.32 Å². The number of hydrogen-bond acceptors (Lipinski definition) is 1. The van der Waals surface area contributed by atoms with E-state index in [1.54, 1.807) is 5.56 Å². The van der Waals surface area contributed by atoms with Crippen LogP contribution in [0.3, 0.4) is 0 Å². The number of benzene rings is 1. The number of rotatable bonds is 4. The van der Waals surface area contributed by atoms with Gasteiger partial charge in [-0.05, 0) is 61.3 Å². The van der Waals surface area contributed by atoms with Crippen molar-refractivity contribution in [2.45, 2.75) is 59.4 Å². The predicted molar refractivity (Wildman–Crippen MR) is 79.1 cm³/mol. The molecule has 0 aromatic heterocycles. The molecule has 0 spiro atoms. The van der Waals surface area contributed by atoms with E-state index in [-0.39, 0.29) is 0 Å². The molecular formula is C17H27N. The Kier molecular flexibility index (Phi) is 3.82. The van der Waals surface area contributed by atoms with Crippen LogP contribution in [0.2, 0.25) is 0 Å². The van der Waals surface area contributed by atoms with Crippen molar-refractivity contribution in [1.29, 1.82) is 0 Å². The molecule has 1 saturated carbocycles. The van der Waals surface area contributed by atoms with Crippen molar-refractivity contribution >= 4 is 0 Å². The molecule has 1 N–H and O–H groups in total. The molecule has 100 valence electrons. The second kappa shape index (κ2) is 5.05. The van der Waals surface area contributed by atoms with E-state index in [4.69, 9.17) is 0 Å². The maximum Gasteiger partial charge on any atom is 0.0132 e. The largest absolute Gasteiger partial charge is 0.314 e. The summed E-state index contributed by atoms with van der Waals surface area (Å²) in [6, 6.07) is 7.47. The summed E-state index contributed by atoms with van der Waals surface area (Å²) in [4.78, 5) is 0. The zero-order valence-electron chi connectivity index (χ0n) is 12.5. The van der Waals surface area contributed by atoms with Gasteiger partial charge in [0.15, 0.2) is 0 Å². The molecular weight excluding hydrogens is 218 g/mol. The molecule has 2 rings (SSSR count). The summed E-state index contributed by atoms with van der Waals surface area (Å²) in [6.45, 7) is 12.6. The second-order valence-corrected chi connectivity index (χ2v) is 6.05. The average Bonchev–Trinajstić information content (AvgIpc) is 2.37. The third kappa shape index (κ3) is 1.99. The second-order valence-electron chi connectivity index (χ2n) is 6.05. The van der Waals surface area contributed by atoms with Crippen LogP contribution in [0.5, 0.6) is 0 Å². The summed E-state index contributed by atoms with van der Waals surface area (Å²) in [6.07, 6.45) is 2.55. The first-order valence-electron chi connectivity index (χ1n) is 7.34. The summed E-state index contributed by atoms with van der Waals surface area (Å²) in [5.41, 5.74) is 4.93. The van der Waals surface area contributed by atoms with Crippen LogP contribution in [0.4, 0.5) is 0 Å². The fourth-order valence-electron chi connectivity index (χ4n) is 3.55. The highest BCUT2D eigenvalue weighted by molar-refractivity contribution is 5.39. The molecule has 1 aliphatic carbocycles. The molecule has 18 heavy (non-hydrogen) atoms. The van der Waals surface area contributed by atoms with Crippen LogP contribution in [0.1, 0.15) is 56.2 Å². The minimum atomic E-state index is 0.425. The van der Waals surface area contributed by atoms with E-state index in [1.807, 2.05) is 0 Å². The van der Waals surface area contributed by atoms with E-state index >= 15 is 0 Å². The SMILES string of the molecule is CCNC1CC(c2cccc(C)c2C)C1(C)CC. The third-order valence-corrected chi connectivity index (χ3v) is 5.30. The van der Waals surface area contributed by atoms with E-state index in [0.717, 1.165) is 12.5 Å². The summed E-state index contributed by atoms with van der Waals surface area (Å²) in [5.74, 6) is 0.728. The van der Waals surface area contributed by atoms with Gasteiger partial charge < -0.3 is 5.32 Å². The lowest BCUT2D eigenvalue weighted by atomic mass is 9.53. The molecule has 1 aromatic rings. The van der Waals surface area contributed by atoms with E-state index in [9.17, 15) is 0 Å². The Hall–Kier alpha value is -0.820. The minimum Gasteiger partial charge on any atom is -0.314 e. The molecule has 0 heterocycles. The topological polar surface area (TPSA) is 12.0 Å². The highest BCUT2D eigenvalue weighted by Crippen LogP contribution is 2.55. The van der Waals surface area contributed by atoms with Gasteiger partial charge in [0.2, 0.25) is 0 Å². The van der Waals surface area contributed by atoms with Gasteiger partial charge >= 0.3 is 0 Å². The van der Waals surface area contributed by atoms with Crippen molar-refractivity contribution in [3.63, 3.8) is 0 Å². The molecule has 0 radical (unpaired) electrons. The summed E-state index contributed by atoms with van der Waals surface area (Å²) >= 11 is 0. The molecule has 3 unspecified atom stereocenters. The Morgan fingerprint density at radius 1 is 1.28 bits per heavy atom. The van der Waals surface area contributed by atoms with Gasteiger partial charge in [0.25, 0.3) is 0 Å². The molecule has 0 bridgehead atoms. The van der Waals surface area contributed by atoms with Crippen LogP contribution in [0.15, 0.2) is 18.2 Å². The van der Waals surface area contributed by atoms with Gasteiger partial charge in [-0.25, -0.2) is 0 Å². The molecule has 1 heteroatoms. The molecule has 1 nitrogen and oxygen atoms in total. The van der Waals surface area contributed by atoms with Crippen molar-refractivity contribution in [1.82, 2.24) is 5.32 Å². The zero-order chi connectivity index (χ0) is 13.3. The van der Waals surface area contributed by atoms with Crippen molar-refractivity contribution in [2.24, 2.45) is 5.41 Å². The molecule has 1 fully saturated rings. The predicted octanol–water partition coefficient (Wildman–Crippen LogP) is 4.19. The minimum absolute atomic E-state index is 0.425. The Morgan fingerprint density at radius 3 is 2.61 bits per heavy atom. The average molecular weight is 245 g/mol. The van der Waals surface area contributed by atoms with Crippen LogP contribution >= 0.6 is 0 Å². The summed E-state index contributed by atoms with van der Waals surface area (Å²) in [7, 11) is 0. The van der Waals surface area contributed by atoms with Crippen molar-refractivity contribution in [2.75, 3.05) is 6.54 Å². The molecule has 3 atom stereocenters. The third-order valence-electron chi connectivity index (χ3n) is 5.30. The first-order chi connectivity index (χ1) is 8.54. The lowest BCUT2D eigenvalue weighted by molar-refractivity contribution is 0.0451. The van der Waals surface area contributed by atoms with Gasteiger partial charge in [-0.2, -0.15) is 0 Å². The summed E-state index contributed by atoms with van der Waals surface area (Å²) in [5, 5.41) is 3.66. The summed E-state index contributed by atoms with van der Waals surface area (Å²) < 4.78 is 0. The maximum atomic E-state index is 3.66. The van der Waals surface area contributed by atoms with E-state index < -0.39 is 0 Å². The van der Waals surface area contributed by atoms with Crippen molar-refractivity contribution in [3.05, 3.63) is 34.9 Å². The van der Waals surface area contributed by atoms with Crippen molar-refractivity contribution < 1.29 is 0 Å². The van der Waals surface area contributed by atoms with Crippen LogP contribution in [0.25, 0.3) is 0 Å². The van der Waals surface area contributed by atoms with Crippen molar-refractivity contribution in [3.8, 4) is 0 Å². The van der Waals surface area contributed by atoms with Crippen LogP contribution in [0, 0.1) is 19.3 Å². The maximum absolute atomic E-state index is 3.66. The molecule has 0 amide bonds. The number of hydrogen-bond donors (Lipinski definition) is 1. The Balaban J connectivity index is 2.28. The van der Waals surface area contributed by atoms with Gasteiger partial charge in [-0.3, -0.25) is 0 Å². The van der Waals surface area contributed by atoms with Gasteiger partial charge in [-0.15, -0.1) is 0 Å². The zero-order valence-corrected chi connectivity index (χ0v) is 12.5. The molecule has 0 saturated heterocycles. The van der Waals surface area contributed by atoms with Crippen LogP contribution in [-0.2, 0) is 0 Å². The van der Waals surface area contributed by atoms with E-state index in [2.05, 4.69) is 58.1 Å². The molecule has 1 aromatic carbocycles. The normalized spacial score (nSPS) is 31.2. The standard InChI is InChI=1S/C17H27N/c1-6-17(5)15(11-16(17)18-7-2)14-10-8-9-12(3)13(14)4/h8-10,15-16,18H,6-7,11H2,1-5H3. The lowest BCUT2D eigenvalue weighted by Gasteiger charge is -2.55. The Morgan fingerprint density at radius 2 is 2.00 bits per heavy atom. The van der Waals surface area contributed by atoms with Gasteiger partial charge in [0.1, 0.15) is 0 Å². The fourth-order valence-corrected chi connectivity index (χ4v) is 3.55. The number of aryl methyl sites for hydroxylation is 1. The van der Waals surface area contributed by atoms with Gasteiger partial charge in [0, 0.05) is 6.04 Å². The van der Waals surface area contributed by atoms with Crippen LogP contribution in [-0.4, -0.2) is 12.6 Å². The first kappa shape index (κ1) is 13.6.